The number of nitrogens with zero attached hydrogens (tertiary/aromatic N) is 2. The average molecular weight is 267 g/mol. The Bertz CT molecular complexity index is 669. The molecular formula is C16H17N3O. The van der Waals surface area contributed by atoms with E-state index in [1.165, 1.54) is 18.4 Å². The first-order valence-electron chi connectivity index (χ1n) is 7.20. The van der Waals surface area contributed by atoms with E-state index in [0.717, 1.165) is 35.7 Å². The van der Waals surface area contributed by atoms with Gasteiger partial charge in [0.25, 0.3) is 0 Å². The van der Waals surface area contributed by atoms with Crippen LogP contribution in [0.1, 0.15) is 41.4 Å². The number of hydrogen-bond donors (Lipinski definition) is 1. The maximum absolute atomic E-state index is 6.14. The van der Waals surface area contributed by atoms with Crippen LogP contribution >= 0.6 is 0 Å². The van der Waals surface area contributed by atoms with E-state index in [9.17, 15) is 0 Å². The Morgan fingerprint density at radius 2 is 1.95 bits per heavy atom. The Balaban J connectivity index is 1.79. The second-order valence-corrected chi connectivity index (χ2v) is 5.50. The summed E-state index contributed by atoms with van der Waals surface area (Å²) in [6, 6.07) is 8.11. The molecule has 1 unspecified atom stereocenters. The van der Waals surface area contributed by atoms with Gasteiger partial charge in [-0.2, -0.15) is 0 Å². The molecule has 0 saturated heterocycles. The molecule has 2 aliphatic rings. The molecule has 4 heteroatoms. The Hall–Kier alpha value is -2.10. The maximum Gasteiger partial charge on any atom is 0.142 e. The monoisotopic (exact) mass is 267 g/mol. The van der Waals surface area contributed by atoms with Gasteiger partial charge in [0.05, 0.1) is 5.92 Å². The van der Waals surface area contributed by atoms with Gasteiger partial charge in [-0.15, -0.1) is 0 Å². The van der Waals surface area contributed by atoms with Crippen LogP contribution in [0.3, 0.4) is 0 Å². The first-order chi connectivity index (χ1) is 9.83. The molecule has 0 bridgehead atoms. The van der Waals surface area contributed by atoms with Crippen molar-refractivity contribution in [2.45, 2.75) is 31.6 Å². The molecule has 4 nitrogen and oxygen atoms in total. The minimum atomic E-state index is 0.112. The van der Waals surface area contributed by atoms with E-state index in [4.69, 9.17) is 15.5 Å². The van der Waals surface area contributed by atoms with Crippen molar-refractivity contribution in [1.82, 2.24) is 9.97 Å². The molecule has 0 radical (unpaired) electrons. The zero-order chi connectivity index (χ0) is 13.5. The summed E-state index contributed by atoms with van der Waals surface area (Å²) in [7, 11) is 0. The summed E-state index contributed by atoms with van der Waals surface area (Å²) in [6.07, 6.45) is 4.42. The van der Waals surface area contributed by atoms with Crippen molar-refractivity contribution in [3.63, 3.8) is 0 Å². The van der Waals surface area contributed by atoms with E-state index in [0.29, 0.717) is 12.4 Å². The summed E-state index contributed by atoms with van der Waals surface area (Å²) in [4.78, 5) is 9.34. The number of para-hydroxylation sites is 1. The molecule has 1 aliphatic carbocycles. The second kappa shape index (κ2) is 4.47. The van der Waals surface area contributed by atoms with E-state index >= 15 is 0 Å². The van der Waals surface area contributed by atoms with Gasteiger partial charge in [0.1, 0.15) is 24.0 Å². The molecule has 2 N–H and O–H groups in total. The summed E-state index contributed by atoms with van der Waals surface area (Å²) in [5.74, 6) is 2.53. The van der Waals surface area contributed by atoms with Crippen LogP contribution in [0.5, 0.6) is 5.75 Å². The third-order valence-electron chi connectivity index (χ3n) is 4.24. The van der Waals surface area contributed by atoms with E-state index in [-0.39, 0.29) is 5.92 Å². The van der Waals surface area contributed by atoms with Crippen LogP contribution in [0, 0.1) is 0 Å². The molecule has 1 aromatic heterocycles. The highest BCUT2D eigenvalue weighted by molar-refractivity contribution is 5.47. The maximum atomic E-state index is 6.14. The van der Waals surface area contributed by atoms with Crippen molar-refractivity contribution in [3.05, 3.63) is 46.9 Å². The van der Waals surface area contributed by atoms with Gasteiger partial charge < -0.3 is 10.5 Å². The van der Waals surface area contributed by atoms with Crippen molar-refractivity contribution in [3.8, 4) is 5.75 Å². The minimum Gasteiger partial charge on any atom is -0.492 e. The molecule has 2 aromatic rings. The zero-order valence-corrected chi connectivity index (χ0v) is 11.3. The highest BCUT2D eigenvalue weighted by Gasteiger charge is 2.29. The van der Waals surface area contributed by atoms with Crippen molar-refractivity contribution in [2.75, 3.05) is 12.3 Å². The molecule has 1 atom stereocenters. The lowest BCUT2D eigenvalue weighted by Gasteiger charge is -2.18. The first kappa shape index (κ1) is 11.7. The van der Waals surface area contributed by atoms with Gasteiger partial charge in [-0.1, -0.05) is 18.2 Å². The fourth-order valence-electron chi connectivity index (χ4n) is 3.18. The summed E-state index contributed by atoms with van der Waals surface area (Å²) >= 11 is 0. The highest BCUT2D eigenvalue weighted by atomic mass is 16.5. The predicted octanol–water partition coefficient (Wildman–Crippen LogP) is 2.46. The van der Waals surface area contributed by atoms with Gasteiger partial charge >= 0.3 is 0 Å². The number of ether oxygens (including phenoxy) is 1. The number of rotatable bonds is 1. The van der Waals surface area contributed by atoms with Crippen LogP contribution in [-0.4, -0.2) is 16.6 Å². The fraction of sp³-hybridized carbons (Fsp3) is 0.375. The number of fused-ring (bicyclic) bond motifs is 2. The summed E-state index contributed by atoms with van der Waals surface area (Å²) < 4.78 is 5.73. The lowest BCUT2D eigenvalue weighted by atomic mass is 9.95. The van der Waals surface area contributed by atoms with E-state index in [1.807, 2.05) is 18.2 Å². The number of benzene rings is 1. The number of aromatic nitrogens is 2. The van der Waals surface area contributed by atoms with E-state index < -0.39 is 0 Å². The van der Waals surface area contributed by atoms with Crippen molar-refractivity contribution in [2.24, 2.45) is 0 Å². The summed E-state index contributed by atoms with van der Waals surface area (Å²) in [6.45, 7) is 0.609. The van der Waals surface area contributed by atoms with Gasteiger partial charge in [0, 0.05) is 16.8 Å². The van der Waals surface area contributed by atoms with Crippen molar-refractivity contribution >= 4 is 5.82 Å². The van der Waals surface area contributed by atoms with Gasteiger partial charge in [-0.3, -0.25) is 0 Å². The number of aryl methyl sites for hydroxylation is 1. The predicted molar refractivity (Wildman–Crippen MR) is 76.9 cm³/mol. The van der Waals surface area contributed by atoms with E-state index in [1.54, 1.807) is 0 Å². The number of hydrogen-bond acceptors (Lipinski definition) is 4. The topological polar surface area (TPSA) is 61.0 Å². The van der Waals surface area contributed by atoms with Gasteiger partial charge in [0.2, 0.25) is 0 Å². The average Bonchev–Trinajstić information content (AvgIpc) is 2.91. The lowest BCUT2D eigenvalue weighted by molar-refractivity contribution is 0.339. The van der Waals surface area contributed by atoms with Gasteiger partial charge in [0.15, 0.2) is 0 Å². The Kier molecular flexibility index (Phi) is 2.62. The first-order valence-corrected chi connectivity index (χ1v) is 7.20. The molecule has 102 valence electrons. The van der Waals surface area contributed by atoms with E-state index in [2.05, 4.69) is 11.1 Å². The standard InChI is InChI=1S/C16H17N3O/c17-15-11-6-1-3-7-13(11)18-16(19-15)12-9-20-14-8-4-2-5-10(12)14/h2,4-5,8,12H,1,3,6-7,9H2,(H2,17,18,19). The third kappa shape index (κ3) is 1.75. The second-order valence-electron chi connectivity index (χ2n) is 5.50. The summed E-state index contributed by atoms with van der Waals surface area (Å²) in [5.41, 5.74) is 9.61. The Morgan fingerprint density at radius 1 is 1.10 bits per heavy atom. The lowest BCUT2D eigenvalue weighted by Crippen LogP contribution is -2.16. The number of nitrogens with two attached hydrogens (primary N) is 1. The van der Waals surface area contributed by atoms with Crippen LogP contribution in [0.25, 0.3) is 0 Å². The molecule has 20 heavy (non-hydrogen) atoms. The molecule has 1 aliphatic heterocycles. The zero-order valence-electron chi connectivity index (χ0n) is 11.3. The number of anilines is 1. The minimum absolute atomic E-state index is 0.112. The molecule has 0 amide bonds. The largest absolute Gasteiger partial charge is 0.492 e. The molecule has 2 heterocycles. The SMILES string of the molecule is Nc1nc(C2COc3ccccc32)nc2c1CCCC2. The van der Waals surface area contributed by atoms with Crippen LogP contribution < -0.4 is 10.5 Å². The molecule has 4 rings (SSSR count). The molecule has 0 fully saturated rings. The molecular weight excluding hydrogens is 250 g/mol. The van der Waals surface area contributed by atoms with Crippen molar-refractivity contribution < 1.29 is 4.74 Å². The number of nitrogen functional groups attached to an aromatic ring is 1. The Labute approximate surface area is 118 Å². The quantitative estimate of drug-likeness (QED) is 0.862. The third-order valence-corrected chi connectivity index (χ3v) is 4.24. The van der Waals surface area contributed by atoms with Crippen molar-refractivity contribution in [1.29, 1.82) is 0 Å². The normalized spacial score (nSPS) is 20.1. The van der Waals surface area contributed by atoms with Crippen LogP contribution in [0.15, 0.2) is 24.3 Å². The Morgan fingerprint density at radius 3 is 2.90 bits per heavy atom. The highest BCUT2D eigenvalue weighted by Crippen LogP contribution is 2.37. The van der Waals surface area contributed by atoms with Crippen LogP contribution in [0.2, 0.25) is 0 Å². The molecule has 0 spiro atoms. The molecule has 0 saturated carbocycles. The van der Waals surface area contributed by atoms with Crippen LogP contribution in [-0.2, 0) is 12.8 Å². The smallest absolute Gasteiger partial charge is 0.142 e. The summed E-state index contributed by atoms with van der Waals surface area (Å²) in [5, 5.41) is 0. The molecule has 1 aromatic carbocycles. The van der Waals surface area contributed by atoms with Gasteiger partial charge in [-0.25, -0.2) is 9.97 Å². The van der Waals surface area contributed by atoms with Gasteiger partial charge in [-0.05, 0) is 31.7 Å². The fourth-order valence-corrected chi connectivity index (χ4v) is 3.18. The van der Waals surface area contributed by atoms with Crippen LogP contribution in [0.4, 0.5) is 5.82 Å².